The van der Waals surface area contributed by atoms with Gasteiger partial charge in [0.05, 0.1) is 6.20 Å². The van der Waals surface area contributed by atoms with Gasteiger partial charge in [-0.15, -0.1) is 5.10 Å². The molecule has 0 saturated heterocycles. The second kappa shape index (κ2) is 5.29. The Morgan fingerprint density at radius 2 is 1.95 bits per heavy atom. The fraction of sp³-hybridized carbons (Fsp3) is 0. The lowest BCUT2D eigenvalue weighted by molar-refractivity contribution is 1.05. The van der Waals surface area contributed by atoms with Crippen LogP contribution in [0, 0.1) is 0 Å². The van der Waals surface area contributed by atoms with Gasteiger partial charge in [-0.3, -0.25) is 0 Å². The van der Waals surface area contributed by atoms with E-state index in [0.717, 1.165) is 33.7 Å². The summed E-state index contributed by atoms with van der Waals surface area (Å²) in [5.74, 6) is 1.59. The summed E-state index contributed by atoms with van der Waals surface area (Å²) in [4.78, 5) is 7.38. The maximum atomic E-state index is 4.27. The molecule has 2 N–H and O–H groups in total. The molecule has 106 valence electrons. The number of imidazole rings is 1. The molecule has 0 fully saturated rings. The first kappa shape index (κ1) is 12.5. The predicted octanol–water partition coefficient (Wildman–Crippen LogP) is 3.76. The fourth-order valence-corrected chi connectivity index (χ4v) is 2.42. The summed E-state index contributed by atoms with van der Waals surface area (Å²) >= 11 is 0. The summed E-state index contributed by atoms with van der Waals surface area (Å²) in [5.41, 5.74) is 1.96. The first-order valence-corrected chi connectivity index (χ1v) is 6.97. The molecule has 4 rings (SSSR count). The zero-order valence-electron chi connectivity index (χ0n) is 11.7. The molecule has 0 atom stereocenters. The van der Waals surface area contributed by atoms with Crippen LogP contribution in [0.3, 0.4) is 0 Å². The zero-order chi connectivity index (χ0) is 14.8. The van der Waals surface area contributed by atoms with Crippen molar-refractivity contribution in [1.82, 2.24) is 20.2 Å². The summed E-state index contributed by atoms with van der Waals surface area (Å²) < 4.78 is 0. The molecule has 0 unspecified atom stereocenters. The SMILES string of the molecule is c1cc(Nc2nncc3ccccc23)cc(-c2ncc[nH]2)c1. The smallest absolute Gasteiger partial charge is 0.160 e. The van der Waals surface area contributed by atoms with E-state index in [1.165, 1.54) is 0 Å². The number of aromatic nitrogens is 4. The molecule has 22 heavy (non-hydrogen) atoms. The molecule has 0 aliphatic heterocycles. The van der Waals surface area contributed by atoms with Gasteiger partial charge in [-0.25, -0.2) is 4.98 Å². The first-order valence-electron chi connectivity index (χ1n) is 6.97. The Morgan fingerprint density at radius 1 is 1.00 bits per heavy atom. The largest absolute Gasteiger partial charge is 0.345 e. The topological polar surface area (TPSA) is 66.5 Å². The van der Waals surface area contributed by atoms with Crippen LogP contribution in [0.15, 0.2) is 67.1 Å². The summed E-state index contributed by atoms with van der Waals surface area (Å²) in [5, 5.41) is 13.7. The molecule has 2 heterocycles. The minimum absolute atomic E-state index is 0.745. The van der Waals surface area contributed by atoms with Crippen molar-refractivity contribution in [2.45, 2.75) is 0 Å². The number of H-pyrrole nitrogens is 1. The van der Waals surface area contributed by atoms with Crippen LogP contribution in [-0.2, 0) is 0 Å². The highest BCUT2D eigenvalue weighted by atomic mass is 15.2. The van der Waals surface area contributed by atoms with E-state index in [0.29, 0.717) is 0 Å². The second-order valence-corrected chi connectivity index (χ2v) is 4.92. The van der Waals surface area contributed by atoms with Crippen LogP contribution in [0.2, 0.25) is 0 Å². The molecule has 2 aromatic heterocycles. The number of anilines is 2. The number of aromatic amines is 1. The Hall–Kier alpha value is -3.21. The van der Waals surface area contributed by atoms with Gasteiger partial charge in [-0.1, -0.05) is 36.4 Å². The maximum absolute atomic E-state index is 4.27. The van der Waals surface area contributed by atoms with Crippen molar-refractivity contribution in [2.24, 2.45) is 0 Å². The van der Waals surface area contributed by atoms with E-state index in [1.807, 2.05) is 54.7 Å². The van der Waals surface area contributed by atoms with Crippen molar-refractivity contribution in [3.63, 3.8) is 0 Å². The lowest BCUT2D eigenvalue weighted by Gasteiger charge is -2.08. The highest BCUT2D eigenvalue weighted by Gasteiger charge is 2.05. The van der Waals surface area contributed by atoms with Gasteiger partial charge in [0.15, 0.2) is 5.82 Å². The average Bonchev–Trinajstić information content (AvgIpc) is 3.10. The van der Waals surface area contributed by atoms with Crippen molar-refractivity contribution in [3.8, 4) is 11.4 Å². The summed E-state index contributed by atoms with van der Waals surface area (Å²) in [6, 6.07) is 16.1. The highest BCUT2D eigenvalue weighted by Crippen LogP contribution is 2.25. The van der Waals surface area contributed by atoms with E-state index in [9.17, 15) is 0 Å². The minimum Gasteiger partial charge on any atom is -0.345 e. The summed E-state index contributed by atoms with van der Waals surface area (Å²) in [6.45, 7) is 0. The number of fused-ring (bicyclic) bond motifs is 1. The van der Waals surface area contributed by atoms with Crippen LogP contribution in [-0.4, -0.2) is 20.2 Å². The van der Waals surface area contributed by atoms with Crippen molar-refractivity contribution < 1.29 is 0 Å². The number of benzene rings is 2. The van der Waals surface area contributed by atoms with E-state index in [2.05, 4.69) is 25.5 Å². The Bertz CT molecular complexity index is 910. The Kier molecular flexibility index (Phi) is 3.01. The van der Waals surface area contributed by atoms with Crippen LogP contribution in [0.5, 0.6) is 0 Å². The van der Waals surface area contributed by atoms with Gasteiger partial charge in [-0.2, -0.15) is 5.10 Å². The number of rotatable bonds is 3. The predicted molar refractivity (Wildman–Crippen MR) is 86.8 cm³/mol. The average molecular weight is 287 g/mol. The third-order valence-corrected chi connectivity index (χ3v) is 3.47. The lowest BCUT2D eigenvalue weighted by atomic mass is 10.1. The molecule has 0 bridgehead atoms. The molecule has 0 amide bonds. The van der Waals surface area contributed by atoms with Gasteiger partial charge in [0.1, 0.15) is 5.82 Å². The van der Waals surface area contributed by atoms with Crippen LogP contribution in [0.1, 0.15) is 0 Å². The van der Waals surface area contributed by atoms with E-state index in [1.54, 1.807) is 12.4 Å². The highest BCUT2D eigenvalue weighted by molar-refractivity contribution is 5.92. The van der Waals surface area contributed by atoms with Gasteiger partial charge in [-0.05, 0) is 12.1 Å². The van der Waals surface area contributed by atoms with E-state index in [4.69, 9.17) is 0 Å². The van der Waals surface area contributed by atoms with Gasteiger partial charge >= 0.3 is 0 Å². The second-order valence-electron chi connectivity index (χ2n) is 4.92. The van der Waals surface area contributed by atoms with Gasteiger partial charge in [0.2, 0.25) is 0 Å². The number of nitrogens with zero attached hydrogens (tertiary/aromatic N) is 3. The molecular weight excluding hydrogens is 274 g/mol. The monoisotopic (exact) mass is 287 g/mol. The molecule has 0 radical (unpaired) electrons. The molecule has 2 aromatic carbocycles. The van der Waals surface area contributed by atoms with Crippen LogP contribution >= 0.6 is 0 Å². The van der Waals surface area contributed by atoms with Crippen molar-refractivity contribution in [3.05, 3.63) is 67.1 Å². The van der Waals surface area contributed by atoms with Crippen LogP contribution in [0.4, 0.5) is 11.5 Å². The quantitative estimate of drug-likeness (QED) is 0.602. The maximum Gasteiger partial charge on any atom is 0.160 e. The molecule has 5 heteroatoms. The summed E-state index contributed by atoms with van der Waals surface area (Å²) in [6.07, 6.45) is 5.32. The van der Waals surface area contributed by atoms with Gasteiger partial charge < -0.3 is 10.3 Å². The van der Waals surface area contributed by atoms with Crippen molar-refractivity contribution in [2.75, 3.05) is 5.32 Å². The third-order valence-electron chi connectivity index (χ3n) is 3.47. The normalized spacial score (nSPS) is 10.7. The fourth-order valence-electron chi connectivity index (χ4n) is 2.42. The Morgan fingerprint density at radius 3 is 2.86 bits per heavy atom. The molecule has 0 aliphatic rings. The Labute approximate surface area is 127 Å². The van der Waals surface area contributed by atoms with Crippen LogP contribution < -0.4 is 5.32 Å². The molecule has 4 aromatic rings. The Balaban J connectivity index is 1.73. The number of nitrogens with one attached hydrogen (secondary N) is 2. The third kappa shape index (κ3) is 2.29. The molecule has 0 saturated carbocycles. The van der Waals surface area contributed by atoms with E-state index >= 15 is 0 Å². The zero-order valence-corrected chi connectivity index (χ0v) is 11.7. The van der Waals surface area contributed by atoms with Crippen molar-refractivity contribution in [1.29, 1.82) is 0 Å². The van der Waals surface area contributed by atoms with E-state index < -0.39 is 0 Å². The first-order chi connectivity index (χ1) is 10.9. The summed E-state index contributed by atoms with van der Waals surface area (Å²) in [7, 11) is 0. The molecule has 0 spiro atoms. The van der Waals surface area contributed by atoms with E-state index in [-0.39, 0.29) is 0 Å². The van der Waals surface area contributed by atoms with Crippen LogP contribution in [0.25, 0.3) is 22.2 Å². The lowest BCUT2D eigenvalue weighted by Crippen LogP contribution is -1.96. The number of hydrogen-bond acceptors (Lipinski definition) is 4. The molecule has 5 nitrogen and oxygen atoms in total. The molecule has 0 aliphatic carbocycles. The standard InChI is InChI=1S/C17H13N5/c1-2-7-15-13(4-1)11-20-22-17(15)21-14-6-3-5-12(10-14)16-18-8-9-19-16/h1-11H,(H,18,19)(H,21,22). The van der Waals surface area contributed by atoms with Gasteiger partial charge in [0, 0.05) is 34.4 Å². The number of hydrogen-bond donors (Lipinski definition) is 2. The van der Waals surface area contributed by atoms with Crippen molar-refractivity contribution >= 4 is 22.3 Å². The van der Waals surface area contributed by atoms with Gasteiger partial charge in [0.25, 0.3) is 0 Å². The molecular formula is C17H13N5. The minimum atomic E-state index is 0.745.